The molecule has 0 aliphatic rings. The van der Waals surface area contributed by atoms with Gasteiger partial charge in [0.1, 0.15) is 11.3 Å². The number of halogens is 4. The van der Waals surface area contributed by atoms with Crippen LogP contribution < -0.4 is 15.8 Å². The van der Waals surface area contributed by atoms with E-state index >= 15 is 0 Å². The van der Waals surface area contributed by atoms with Gasteiger partial charge >= 0.3 is 6.18 Å². The molecule has 5 rings (SSSR count). The fourth-order valence-corrected chi connectivity index (χ4v) is 4.46. The lowest BCUT2D eigenvalue weighted by Gasteiger charge is -2.16. The number of nitrogens with zero attached hydrogens (tertiary/aromatic N) is 3. The quantitative estimate of drug-likeness (QED) is 0.224. The third-order valence-electron chi connectivity index (χ3n) is 5.52. The Morgan fingerprint density at radius 3 is 2.43 bits per heavy atom. The first-order valence-electron chi connectivity index (χ1n) is 11.1. The number of nitrogen functional groups attached to an aromatic ring is 1. The molecule has 6 nitrogen and oxygen atoms in total. The highest BCUT2D eigenvalue weighted by molar-refractivity contribution is 7.22. The highest BCUT2D eigenvalue weighted by Crippen LogP contribution is 2.35. The van der Waals surface area contributed by atoms with Crippen LogP contribution in [0.15, 0.2) is 72.8 Å². The second-order valence-electron chi connectivity index (χ2n) is 8.17. The molecular formula is C26H19F4N5OS. The van der Waals surface area contributed by atoms with E-state index in [-0.39, 0.29) is 23.7 Å². The minimum Gasteiger partial charge on any atom is -0.437 e. The van der Waals surface area contributed by atoms with Crippen molar-refractivity contribution in [3.8, 4) is 22.9 Å². The fraction of sp³-hybridized carbons (Fsp3) is 0.115. The maximum atomic E-state index is 13.7. The molecule has 5 aromatic rings. The predicted molar refractivity (Wildman–Crippen MR) is 135 cm³/mol. The molecule has 0 fully saturated rings. The van der Waals surface area contributed by atoms with Gasteiger partial charge in [-0.2, -0.15) is 18.2 Å². The average molecular weight is 526 g/mol. The van der Waals surface area contributed by atoms with Crippen LogP contribution >= 0.6 is 11.3 Å². The fourth-order valence-electron chi connectivity index (χ4n) is 3.71. The van der Waals surface area contributed by atoms with E-state index in [1.54, 1.807) is 24.3 Å². The molecule has 0 radical (unpaired) electrons. The normalized spacial score (nSPS) is 12.5. The monoisotopic (exact) mass is 525 g/mol. The summed E-state index contributed by atoms with van der Waals surface area (Å²) in [5.74, 6) is 0.309. The Labute approximate surface area is 212 Å². The Morgan fingerprint density at radius 2 is 1.70 bits per heavy atom. The van der Waals surface area contributed by atoms with Crippen LogP contribution in [0.25, 0.3) is 21.5 Å². The smallest absolute Gasteiger partial charge is 0.416 e. The molecule has 0 spiro atoms. The molecule has 37 heavy (non-hydrogen) atoms. The van der Waals surface area contributed by atoms with Crippen molar-refractivity contribution >= 4 is 32.6 Å². The first-order valence-corrected chi connectivity index (χ1v) is 11.9. The Bertz CT molecular complexity index is 1570. The molecule has 0 saturated heterocycles. The van der Waals surface area contributed by atoms with Crippen LogP contribution in [0, 0.1) is 5.82 Å². The summed E-state index contributed by atoms with van der Waals surface area (Å²) in [5, 5.41) is 3.50. The Hall–Kier alpha value is -4.25. The number of aromatic nitrogens is 3. The lowest BCUT2D eigenvalue weighted by atomic mass is 10.1. The van der Waals surface area contributed by atoms with Crippen LogP contribution in [-0.4, -0.2) is 15.0 Å². The van der Waals surface area contributed by atoms with Gasteiger partial charge in [-0.3, -0.25) is 0 Å². The molecule has 2 aromatic heterocycles. The van der Waals surface area contributed by atoms with Crippen LogP contribution in [0.4, 0.5) is 28.6 Å². The van der Waals surface area contributed by atoms with E-state index in [4.69, 9.17) is 10.5 Å². The van der Waals surface area contributed by atoms with Gasteiger partial charge in [0.05, 0.1) is 22.0 Å². The van der Waals surface area contributed by atoms with E-state index in [2.05, 4.69) is 20.3 Å². The molecule has 0 saturated carbocycles. The minimum absolute atomic E-state index is 0.137. The van der Waals surface area contributed by atoms with Crippen LogP contribution in [0.5, 0.6) is 11.6 Å². The number of ether oxygens (including phenoxy) is 1. The SMILES string of the molecule is CC(Nc1nc(Oc2cccc3sc(N)nc23)cc(-c2ccc(C(F)(F)F)cc2)n1)c1cccc(F)c1. The molecule has 0 aliphatic carbocycles. The number of fused-ring (bicyclic) bond motifs is 1. The Morgan fingerprint density at radius 1 is 0.946 bits per heavy atom. The standard InChI is InChI=1S/C26H19F4N5OS/c1-14(16-4-2-5-18(27)12-16)32-25-33-19(15-8-10-17(11-9-15)26(28,29)30)13-22(34-25)36-20-6-3-7-21-23(20)35-24(31)37-21/h2-14H,1H3,(H2,31,35)(H,32,33,34). The molecule has 2 heterocycles. The van der Waals surface area contributed by atoms with Crippen LogP contribution in [0.2, 0.25) is 0 Å². The van der Waals surface area contributed by atoms with Gasteiger partial charge in [0.2, 0.25) is 11.8 Å². The van der Waals surface area contributed by atoms with E-state index in [9.17, 15) is 17.6 Å². The van der Waals surface area contributed by atoms with Crippen LogP contribution in [0.1, 0.15) is 24.1 Å². The average Bonchev–Trinajstić information content (AvgIpc) is 3.25. The number of alkyl halides is 3. The summed E-state index contributed by atoms with van der Waals surface area (Å²) < 4.78 is 59.8. The summed E-state index contributed by atoms with van der Waals surface area (Å²) in [4.78, 5) is 13.2. The molecule has 188 valence electrons. The van der Waals surface area contributed by atoms with Gasteiger partial charge in [-0.05, 0) is 48.9 Å². The second kappa shape index (κ2) is 9.66. The third kappa shape index (κ3) is 5.46. The molecule has 3 N–H and O–H groups in total. The summed E-state index contributed by atoms with van der Waals surface area (Å²) in [7, 11) is 0. The molecule has 11 heteroatoms. The van der Waals surface area contributed by atoms with E-state index in [1.165, 1.54) is 41.7 Å². The number of benzene rings is 3. The van der Waals surface area contributed by atoms with Crippen molar-refractivity contribution in [3.63, 3.8) is 0 Å². The van der Waals surface area contributed by atoms with Gasteiger partial charge < -0.3 is 15.8 Å². The van der Waals surface area contributed by atoms with E-state index in [1.807, 2.05) is 13.0 Å². The molecule has 1 atom stereocenters. The zero-order chi connectivity index (χ0) is 26.2. The molecule has 0 aliphatic heterocycles. The van der Waals surface area contributed by atoms with Crippen molar-refractivity contribution in [2.75, 3.05) is 11.1 Å². The molecule has 0 bridgehead atoms. The van der Waals surface area contributed by atoms with Gasteiger partial charge in [-0.1, -0.05) is 41.7 Å². The van der Waals surface area contributed by atoms with Gasteiger partial charge in [-0.15, -0.1) is 0 Å². The zero-order valence-corrected chi connectivity index (χ0v) is 20.1. The van der Waals surface area contributed by atoms with Crippen molar-refractivity contribution < 1.29 is 22.3 Å². The number of para-hydroxylation sites is 1. The Kier molecular flexibility index (Phi) is 6.38. The number of hydrogen-bond acceptors (Lipinski definition) is 7. The minimum atomic E-state index is -4.46. The first kappa shape index (κ1) is 24.4. The third-order valence-corrected chi connectivity index (χ3v) is 6.37. The zero-order valence-electron chi connectivity index (χ0n) is 19.3. The van der Waals surface area contributed by atoms with Crippen molar-refractivity contribution in [2.45, 2.75) is 19.1 Å². The van der Waals surface area contributed by atoms with Crippen LogP contribution in [0.3, 0.4) is 0 Å². The van der Waals surface area contributed by atoms with Gasteiger partial charge in [-0.25, -0.2) is 14.4 Å². The lowest BCUT2D eigenvalue weighted by Crippen LogP contribution is -2.10. The molecule has 3 aromatic carbocycles. The highest BCUT2D eigenvalue weighted by Gasteiger charge is 2.30. The number of hydrogen-bond donors (Lipinski definition) is 2. The number of rotatable bonds is 6. The number of anilines is 2. The van der Waals surface area contributed by atoms with Gasteiger partial charge in [0.25, 0.3) is 0 Å². The van der Waals surface area contributed by atoms with E-state index in [0.717, 1.165) is 16.8 Å². The van der Waals surface area contributed by atoms with E-state index < -0.39 is 11.7 Å². The summed E-state index contributed by atoms with van der Waals surface area (Å²) in [5.41, 5.74) is 7.06. The van der Waals surface area contributed by atoms with Gasteiger partial charge in [0, 0.05) is 11.6 Å². The highest BCUT2D eigenvalue weighted by atomic mass is 32.1. The number of nitrogens with one attached hydrogen (secondary N) is 1. The summed E-state index contributed by atoms with van der Waals surface area (Å²) in [6, 6.07) is 17.2. The lowest BCUT2D eigenvalue weighted by molar-refractivity contribution is -0.137. The van der Waals surface area contributed by atoms with Crippen molar-refractivity contribution in [2.24, 2.45) is 0 Å². The largest absolute Gasteiger partial charge is 0.437 e. The van der Waals surface area contributed by atoms with E-state index in [0.29, 0.717) is 33.2 Å². The first-order chi connectivity index (χ1) is 17.7. The topological polar surface area (TPSA) is 86.0 Å². The Balaban J connectivity index is 1.53. The summed E-state index contributed by atoms with van der Waals surface area (Å²) >= 11 is 1.31. The predicted octanol–water partition coefficient (Wildman–Crippen LogP) is 7.46. The maximum Gasteiger partial charge on any atom is 0.416 e. The summed E-state index contributed by atoms with van der Waals surface area (Å²) in [6.07, 6.45) is -4.46. The molecule has 0 amide bonds. The molecule has 1 unspecified atom stereocenters. The van der Waals surface area contributed by atoms with Crippen molar-refractivity contribution in [1.82, 2.24) is 15.0 Å². The van der Waals surface area contributed by atoms with Gasteiger partial charge in [0.15, 0.2) is 10.9 Å². The number of thiazole rings is 1. The molecular weight excluding hydrogens is 506 g/mol. The van der Waals surface area contributed by atoms with Crippen molar-refractivity contribution in [3.05, 3.63) is 89.7 Å². The second-order valence-corrected chi connectivity index (χ2v) is 9.23. The van der Waals surface area contributed by atoms with Crippen LogP contribution in [-0.2, 0) is 6.18 Å². The maximum absolute atomic E-state index is 13.7. The van der Waals surface area contributed by atoms with Crippen molar-refractivity contribution in [1.29, 1.82) is 0 Å². The number of nitrogens with two attached hydrogens (primary N) is 1. The summed E-state index contributed by atoms with van der Waals surface area (Å²) in [6.45, 7) is 1.81.